The van der Waals surface area contributed by atoms with Crippen LogP contribution in [0.1, 0.15) is 35.3 Å². The molecule has 6 heteroatoms. The van der Waals surface area contributed by atoms with Crippen LogP contribution in [0.15, 0.2) is 5.38 Å². The first-order valence-corrected chi connectivity index (χ1v) is 6.54. The SMILES string of the molecule is CCC(CCO)CNCc1csc(C(=O)O)n1. The van der Waals surface area contributed by atoms with Gasteiger partial charge < -0.3 is 15.5 Å². The van der Waals surface area contributed by atoms with E-state index in [0.717, 1.165) is 36.4 Å². The molecule has 1 aromatic heterocycles. The van der Waals surface area contributed by atoms with Gasteiger partial charge in [-0.25, -0.2) is 9.78 Å². The number of rotatable bonds is 8. The van der Waals surface area contributed by atoms with Crippen LogP contribution in [0.2, 0.25) is 0 Å². The number of nitrogens with zero attached hydrogens (tertiary/aromatic N) is 1. The molecular formula is C11H18N2O3S. The summed E-state index contributed by atoms with van der Waals surface area (Å²) in [7, 11) is 0. The minimum absolute atomic E-state index is 0.129. The van der Waals surface area contributed by atoms with Crippen LogP contribution in [0.4, 0.5) is 0 Å². The van der Waals surface area contributed by atoms with Crippen LogP contribution in [0.3, 0.4) is 0 Å². The van der Waals surface area contributed by atoms with E-state index < -0.39 is 5.97 Å². The van der Waals surface area contributed by atoms with Gasteiger partial charge in [0.1, 0.15) is 0 Å². The molecule has 0 aliphatic rings. The van der Waals surface area contributed by atoms with Crippen LogP contribution < -0.4 is 5.32 Å². The fourth-order valence-corrected chi connectivity index (χ4v) is 2.18. The van der Waals surface area contributed by atoms with Gasteiger partial charge in [-0.2, -0.15) is 0 Å². The summed E-state index contributed by atoms with van der Waals surface area (Å²) in [4.78, 5) is 14.6. The third kappa shape index (κ3) is 4.80. The molecule has 1 unspecified atom stereocenters. The van der Waals surface area contributed by atoms with Crippen LogP contribution >= 0.6 is 11.3 Å². The van der Waals surface area contributed by atoms with Crippen LogP contribution in [0, 0.1) is 5.92 Å². The number of aromatic carboxylic acids is 1. The number of carboxylic acid groups (broad SMARTS) is 1. The van der Waals surface area contributed by atoms with E-state index in [1.54, 1.807) is 5.38 Å². The first-order valence-electron chi connectivity index (χ1n) is 5.66. The standard InChI is InChI=1S/C11H18N2O3S/c1-2-8(3-4-14)5-12-6-9-7-17-10(13-9)11(15)16/h7-8,12,14H,2-6H2,1H3,(H,15,16). The van der Waals surface area contributed by atoms with E-state index in [2.05, 4.69) is 17.2 Å². The van der Waals surface area contributed by atoms with Gasteiger partial charge in [-0.1, -0.05) is 13.3 Å². The topological polar surface area (TPSA) is 82.5 Å². The Hall–Kier alpha value is -0.980. The second-order valence-electron chi connectivity index (χ2n) is 3.87. The van der Waals surface area contributed by atoms with E-state index in [4.69, 9.17) is 10.2 Å². The van der Waals surface area contributed by atoms with Crippen molar-refractivity contribution in [1.82, 2.24) is 10.3 Å². The highest BCUT2D eigenvalue weighted by Crippen LogP contribution is 2.10. The van der Waals surface area contributed by atoms with Gasteiger partial charge in [0.05, 0.1) is 5.69 Å². The fourth-order valence-electron chi connectivity index (χ4n) is 1.52. The number of hydrogen-bond donors (Lipinski definition) is 3. The van der Waals surface area contributed by atoms with Crippen molar-refractivity contribution in [1.29, 1.82) is 0 Å². The van der Waals surface area contributed by atoms with Crippen molar-refractivity contribution in [3.05, 3.63) is 16.1 Å². The molecular weight excluding hydrogens is 240 g/mol. The molecule has 1 rings (SSSR count). The zero-order valence-corrected chi connectivity index (χ0v) is 10.7. The second kappa shape index (κ2) is 7.37. The van der Waals surface area contributed by atoms with Crippen molar-refractivity contribution < 1.29 is 15.0 Å². The van der Waals surface area contributed by atoms with Crippen LogP contribution in [-0.2, 0) is 6.54 Å². The van der Waals surface area contributed by atoms with Gasteiger partial charge in [-0.05, 0) is 18.9 Å². The summed E-state index contributed by atoms with van der Waals surface area (Å²) >= 11 is 1.14. The molecule has 5 nitrogen and oxygen atoms in total. The summed E-state index contributed by atoms with van der Waals surface area (Å²) in [6, 6.07) is 0. The Bertz CT molecular complexity index is 354. The van der Waals surface area contributed by atoms with E-state index in [1.165, 1.54) is 0 Å². The van der Waals surface area contributed by atoms with Gasteiger partial charge in [0, 0.05) is 18.5 Å². The fraction of sp³-hybridized carbons (Fsp3) is 0.636. The summed E-state index contributed by atoms with van der Waals surface area (Å²) < 4.78 is 0. The highest BCUT2D eigenvalue weighted by Gasteiger charge is 2.09. The lowest BCUT2D eigenvalue weighted by Crippen LogP contribution is -2.23. The molecule has 17 heavy (non-hydrogen) atoms. The first-order chi connectivity index (χ1) is 8.17. The Morgan fingerprint density at radius 2 is 2.41 bits per heavy atom. The number of aliphatic hydroxyl groups excluding tert-OH is 1. The Labute approximate surface area is 105 Å². The van der Waals surface area contributed by atoms with Crippen molar-refractivity contribution in [2.24, 2.45) is 5.92 Å². The molecule has 3 N–H and O–H groups in total. The molecule has 0 aliphatic heterocycles. The van der Waals surface area contributed by atoms with Crippen molar-refractivity contribution in [3.8, 4) is 0 Å². The van der Waals surface area contributed by atoms with E-state index >= 15 is 0 Å². The number of thiazole rings is 1. The molecule has 0 aromatic carbocycles. The molecule has 0 amide bonds. The van der Waals surface area contributed by atoms with Gasteiger partial charge >= 0.3 is 5.97 Å². The highest BCUT2D eigenvalue weighted by molar-refractivity contribution is 7.11. The molecule has 96 valence electrons. The summed E-state index contributed by atoms with van der Waals surface area (Å²) in [5, 5.41) is 22.7. The van der Waals surface area contributed by atoms with Gasteiger partial charge in [0.2, 0.25) is 5.01 Å². The van der Waals surface area contributed by atoms with Crippen molar-refractivity contribution in [2.75, 3.05) is 13.2 Å². The molecule has 0 fully saturated rings. The lowest BCUT2D eigenvalue weighted by Gasteiger charge is -2.13. The second-order valence-corrected chi connectivity index (χ2v) is 4.72. The minimum atomic E-state index is -0.979. The molecule has 0 saturated carbocycles. The zero-order valence-electron chi connectivity index (χ0n) is 9.85. The Kier molecular flexibility index (Phi) is 6.10. The van der Waals surface area contributed by atoms with Gasteiger partial charge in [-0.15, -0.1) is 11.3 Å². The zero-order chi connectivity index (χ0) is 12.7. The first kappa shape index (κ1) is 14.1. The van der Waals surface area contributed by atoms with Crippen molar-refractivity contribution in [2.45, 2.75) is 26.3 Å². The summed E-state index contributed by atoms with van der Waals surface area (Å²) in [5.74, 6) is -0.523. The predicted octanol–water partition coefficient (Wildman–Crippen LogP) is 1.34. The molecule has 1 heterocycles. The third-order valence-electron chi connectivity index (χ3n) is 2.59. The van der Waals surface area contributed by atoms with Gasteiger partial charge in [0.15, 0.2) is 0 Å². The van der Waals surface area contributed by atoms with E-state index in [0.29, 0.717) is 12.5 Å². The van der Waals surface area contributed by atoms with E-state index in [9.17, 15) is 4.79 Å². The third-order valence-corrected chi connectivity index (χ3v) is 3.47. The number of aromatic nitrogens is 1. The van der Waals surface area contributed by atoms with Crippen molar-refractivity contribution in [3.63, 3.8) is 0 Å². The molecule has 0 bridgehead atoms. The normalized spacial score (nSPS) is 12.6. The molecule has 1 atom stereocenters. The monoisotopic (exact) mass is 258 g/mol. The smallest absolute Gasteiger partial charge is 0.365 e. The molecule has 0 spiro atoms. The number of hydrogen-bond acceptors (Lipinski definition) is 5. The van der Waals surface area contributed by atoms with Crippen molar-refractivity contribution >= 4 is 17.3 Å². The minimum Gasteiger partial charge on any atom is -0.476 e. The number of nitrogens with one attached hydrogen (secondary N) is 1. The largest absolute Gasteiger partial charge is 0.476 e. The average molecular weight is 258 g/mol. The van der Waals surface area contributed by atoms with Crippen LogP contribution in [0.25, 0.3) is 0 Å². The maximum Gasteiger partial charge on any atom is 0.365 e. The number of carboxylic acids is 1. The maximum atomic E-state index is 10.6. The average Bonchev–Trinajstić information content (AvgIpc) is 2.77. The van der Waals surface area contributed by atoms with Crippen LogP contribution in [0.5, 0.6) is 0 Å². The van der Waals surface area contributed by atoms with Gasteiger partial charge in [-0.3, -0.25) is 0 Å². The van der Waals surface area contributed by atoms with E-state index in [1.807, 2.05) is 0 Å². The predicted molar refractivity (Wildman–Crippen MR) is 66.3 cm³/mol. The Morgan fingerprint density at radius 3 is 2.94 bits per heavy atom. The summed E-state index contributed by atoms with van der Waals surface area (Å²) in [6.45, 7) is 3.69. The summed E-state index contributed by atoms with van der Waals surface area (Å²) in [5.41, 5.74) is 0.756. The molecule has 0 aliphatic carbocycles. The van der Waals surface area contributed by atoms with Gasteiger partial charge in [0.25, 0.3) is 0 Å². The lowest BCUT2D eigenvalue weighted by molar-refractivity contribution is 0.0696. The maximum absolute atomic E-state index is 10.6. The molecule has 1 aromatic rings. The quantitative estimate of drug-likeness (QED) is 0.655. The molecule has 0 radical (unpaired) electrons. The Morgan fingerprint density at radius 1 is 1.65 bits per heavy atom. The Balaban J connectivity index is 2.32. The number of carbonyl (C=O) groups is 1. The van der Waals surface area contributed by atoms with E-state index in [-0.39, 0.29) is 11.6 Å². The van der Waals surface area contributed by atoms with Crippen LogP contribution in [-0.4, -0.2) is 34.3 Å². The summed E-state index contributed by atoms with van der Waals surface area (Å²) in [6.07, 6.45) is 1.81. The highest BCUT2D eigenvalue weighted by atomic mass is 32.1. The molecule has 0 saturated heterocycles. The number of aliphatic hydroxyl groups is 1. The lowest BCUT2D eigenvalue weighted by atomic mass is 10.0.